The average Bonchev–Trinajstić information content (AvgIpc) is 2.71. The van der Waals surface area contributed by atoms with E-state index in [1.54, 1.807) is 6.07 Å². The third kappa shape index (κ3) is 3.04. The summed E-state index contributed by atoms with van der Waals surface area (Å²) in [6, 6.07) is 4.58. The number of aliphatic carboxylic acids is 1. The van der Waals surface area contributed by atoms with Crippen LogP contribution in [0.15, 0.2) is 22.7 Å². The second-order valence-electron chi connectivity index (χ2n) is 4.29. The number of carbonyl (C=O) groups is 1. The van der Waals surface area contributed by atoms with E-state index in [1.807, 2.05) is 0 Å². The molecule has 1 fully saturated rings. The summed E-state index contributed by atoms with van der Waals surface area (Å²) >= 11 is 3.32. The van der Waals surface area contributed by atoms with E-state index in [2.05, 4.69) is 20.8 Å². The van der Waals surface area contributed by atoms with Crippen LogP contribution in [-0.4, -0.2) is 29.1 Å². The first kappa shape index (κ1) is 12.5. The number of nitrogens with zero attached hydrogens (tertiary/aromatic N) is 1. The van der Waals surface area contributed by atoms with Gasteiger partial charge in [0.2, 0.25) is 0 Å². The van der Waals surface area contributed by atoms with Crippen molar-refractivity contribution in [3.05, 3.63) is 34.1 Å². The number of benzene rings is 1. The zero-order valence-electron chi connectivity index (χ0n) is 9.20. The minimum Gasteiger partial charge on any atom is -0.481 e. The van der Waals surface area contributed by atoms with Gasteiger partial charge in [-0.15, -0.1) is 0 Å². The van der Waals surface area contributed by atoms with Crippen LogP contribution in [-0.2, 0) is 11.3 Å². The Hall–Kier alpha value is -0.940. The Morgan fingerprint density at radius 1 is 1.59 bits per heavy atom. The van der Waals surface area contributed by atoms with Crippen LogP contribution in [0.3, 0.4) is 0 Å². The molecule has 0 saturated carbocycles. The molecule has 17 heavy (non-hydrogen) atoms. The van der Waals surface area contributed by atoms with Crippen molar-refractivity contribution in [1.82, 2.24) is 4.90 Å². The molecule has 0 spiro atoms. The summed E-state index contributed by atoms with van der Waals surface area (Å²) in [6.45, 7) is 2.00. The normalized spacial score (nSPS) is 20.7. The molecular formula is C12H13BrFNO2. The quantitative estimate of drug-likeness (QED) is 0.932. The van der Waals surface area contributed by atoms with Gasteiger partial charge in [0.05, 0.1) is 5.92 Å². The molecule has 92 valence electrons. The van der Waals surface area contributed by atoms with Gasteiger partial charge in [-0.25, -0.2) is 4.39 Å². The zero-order valence-corrected chi connectivity index (χ0v) is 10.8. The van der Waals surface area contributed by atoms with Gasteiger partial charge in [0.15, 0.2) is 0 Å². The fourth-order valence-electron chi connectivity index (χ4n) is 2.07. The molecular weight excluding hydrogens is 289 g/mol. The molecule has 0 aliphatic carbocycles. The Morgan fingerprint density at radius 2 is 2.35 bits per heavy atom. The molecule has 1 heterocycles. The predicted octanol–water partition coefficient (Wildman–Crippen LogP) is 2.49. The molecule has 0 amide bonds. The first-order valence-corrected chi connectivity index (χ1v) is 6.24. The molecule has 2 rings (SSSR count). The van der Waals surface area contributed by atoms with Gasteiger partial charge in [0.25, 0.3) is 0 Å². The third-order valence-corrected chi connectivity index (χ3v) is 3.77. The van der Waals surface area contributed by atoms with Crippen LogP contribution in [0, 0.1) is 11.7 Å². The number of hydrogen-bond acceptors (Lipinski definition) is 2. The van der Waals surface area contributed by atoms with Crippen molar-refractivity contribution in [2.45, 2.75) is 13.0 Å². The summed E-state index contributed by atoms with van der Waals surface area (Å²) in [5.74, 6) is -1.27. The highest BCUT2D eigenvalue weighted by Crippen LogP contribution is 2.23. The number of carboxylic acid groups (broad SMARTS) is 1. The maximum Gasteiger partial charge on any atom is 0.307 e. The van der Waals surface area contributed by atoms with Crippen molar-refractivity contribution in [1.29, 1.82) is 0 Å². The van der Waals surface area contributed by atoms with Crippen LogP contribution < -0.4 is 0 Å². The molecule has 1 aromatic carbocycles. The minimum atomic E-state index is -0.731. The largest absolute Gasteiger partial charge is 0.481 e. The molecule has 0 bridgehead atoms. The summed E-state index contributed by atoms with van der Waals surface area (Å²) in [6.07, 6.45) is 0.689. The van der Waals surface area contributed by atoms with Crippen LogP contribution >= 0.6 is 15.9 Å². The van der Waals surface area contributed by atoms with Gasteiger partial charge in [-0.2, -0.15) is 0 Å². The zero-order chi connectivity index (χ0) is 12.4. The summed E-state index contributed by atoms with van der Waals surface area (Å²) in [4.78, 5) is 12.9. The van der Waals surface area contributed by atoms with E-state index < -0.39 is 5.97 Å². The molecule has 1 aromatic rings. The van der Waals surface area contributed by atoms with E-state index in [0.29, 0.717) is 19.5 Å². The van der Waals surface area contributed by atoms with Crippen molar-refractivity contribution in [3.8, 4) is 0 Å². The lowest BCUT2D eigenvalue weighted by Gasteiger charge is -2.16. The number of hydrogen-bond donors (Lipinski definition) is 1. The SMILES string of the molecule is O=C(O)[C@H]1CCN(Cc2ccc(F)cc2Br)C1. The molecule has 1 aliphatic heterocycles. The standard InChI is InChI=1S/C12H13BrFNO2/c13-11-5-10(14)2-1-8(11)6-15-4-3-9(7-15)12(16)17/h1-2,5,9H,3-4,6-7H2,(H,16,17)/t9-/m0/s1. The Morgan fingerprint density at radius 3 is 2.94 bits per heavy atom. The highest BCUT2D eigenvalue weighted by atomic mass is 79.9. The number of halogens is 2. The van der Waals surface area contributed by atoms with Crippen LogP contribution in [0.2, 0.25) is 0 Å². The van der Waals surface area contributed by atoms with Gasteiger partial charge in [0.1, 0.15) is 5.82 Å². The third-order valence-electron chi connectivity index (χ3n) is 3.03. The Kier molecular flexibility index (Phi) is 3.79. The molecule has 1 N–H and O–H groups in total. The van der Waals surface area contributed by atoms with Crippen molar-refractivity contribution in [2.24, 2.45) is 5.92 Å². The van der Waals surface area contributed by atoms with Gasteiger partial charge >= 0.3 is 5.97 Å². The second kappa shape index (κ2) is 5.14. The van der Waals surface area contributed by atoms with Gasteiger partial charge < -0.3 is 5.11 Å². The topological polar surface area (TPSA) is 40.5 Å². The van der Waals surface area contributed by atoms with Crippen LogP contribution in [0.25, 0.3) is 0 Å². The van der Waals surface area contributed by atoms with Crippen molar-refractivity contribution in [3.63, 3.8) is 0 Å². The second-order valence-corrected chi connectivity index (χ2v) is 5.15. The summed E-state index contributed by atoms with van der Waals surface area (Å²) in [7, 11) is 0. The summed E-state index contributed by atoms with van der Waals surface area (Å²) < 4.78 is 13.6. The van der Waals surface area contributed by atoms with Crippen LogP contribution in [0.1, 0.15) is 12.0 Å². The molecule has 5 heteroatoms. The Labute approximate surface area is 107 Å². The summed E-state index contributed by atoms with van der Waals surface area (Å²) in [5.41, 5.74) is 0.984. The van der Waals surface area contributed by atoms with Crippen LogP contribution in [0.4, 0.5) is 4.39 Å². The monoisotopic (exact) mass is 301 g/mol. The predicted molar refractivity (Wildman–Crippen MR) is 65.1 cm³/mol. The fourth-order valence-corrected chi connectivity index (χ4v) is 2.54. The first-order valence-electron chi connectivity index (χ1n) is 5.45. The average molecular weight is 302 g/mol. The molecule has 3 nitrogen and oxygen atoms in total. The molecule has 0 radical (unpaired) electrons. The van der Waals surface area contributed by atoms with E-state index in [0.717, 1.165) is 16.6 Å². The first-order chi connectivity index (χ1) is 8.06. The highest BCUT2D eigenvalue weighted by Gasteiger charge is 2.27. The van der Waals surface area contributed by atoms with Gasteiger partial charge in [-0.05, 0) is 30.7 Å². The van der Waals surface area contributed by atoms with Gasteiger partial charge in [0, 0.05) is 17.6 Å². The Balaban J connectivity index is 2.00. The molecule has 1 saturated heterocycles. The van der Waals surface area contributed by atoms with Crippen LogP contribution in [0.5, 0.6) is 0 Å². The lowest BCUT2D eigenvalue weighted by molar-refractivity contribution is -0.141. The lowest BCUT2D eigenvalue weighted by Crippen LogP contribution is -2.23. The van der Waals surface area contributed by atoms with Crippen molar-refractivity contribution in [2.75, 3.05) is 13.1 Å². The van der Waals surface area contributed by atoms with Gasteiger partial charge in [-0.3, -0.25) is 9.69 Å². The number of rotatable bonds is 3. The van der Waals surface area contributed by atoms with E-state index >= 15 is 0 Å². The van der Waals surface area contributed by atoms with E-state index in [4.69, 9.17) is 5.11 Å². The lowest BCUT2D eigenvalue weighted by atomic mass is 10.1. The van der Waals surface area contributed by atoms with Gasteiger partial charge in [-0.1, -0.05) is 22.0 Å². The summed E-state index contributed by atoms with van der Waals surface area (Å²) in [5, 5.41) is 8.90. The molecule has 1 atom stereocenters. The number of carboxylic acids is 1. The van der Waals surface area contributed by atoms with E-state index in [-0.39, 0.29) is 11.7 Å². The maximum atomic E-state index is 12.9. The fraction of sp³-hybridized carbons (Fsp3) is 0.417. The van der Waals surface area contributed by atoms with Crippen molar-refractivity contribution < 1.29 is 14.3 Å². The molecule has 0 unspecified atom stereocenters. The minimum absolute atomic E-state index is 0.269. The molecule has 1 aliphatic rings. The maximum absolute atomic E-state index is 12.9. The van der Waals surface area contributed by atoms with E-state index in [9.17, 15) is 9.18 Å². The van der Waals surface area contributed by atoms with E-state index in [1.165, 1.54) is 12.1 Å². The highest BCUT2D eigenvalue weighted by molar-refractivity contribution is 9.10. The van der Waals surface area contributed by atoms with Crippen molar-refractivity contribution >= 4 is 21.9 Å². The Bertz CT molecular complexity index is 439. The molecule has 0 aromatic heterocycles. The smallest absolute Gasteiger partial charge is 0.307 e. The number of likely N-dealkylation sites (tertiary alicyclic amines) is 1.